The monoisotopic (exact) mass is 331 g/mol. The fourth-order valence-electron chi connectivity index (χ4n) is 3.58. The summed E-state index contributed by atoms with van der Waals surface area (Å²) in [5.41, 5.74) is 5.73. The minimum atomic E-state index is 0. The second-order valence-corrected chi connectivity index (χ2v) is 6.46. The van der Waals surface area contributed by atoms with E-state index in [4.69, 9.17) is 5.73 Å². The van der Waals surface area contributed by atoms with E-state index in [9.17, 15) is 9.59 Å². The Bertz CT molecular complexity index is 359. The Labute approximate surface area is 139 Å². The summed E-state index contributed by atoms with van der Waals surface area (Å²) < 4.78 is 0. The van der Waals surface area contributed by atoms with Gasteiger partial charge in [-0.2, -0.15) is 0 Å². The first-order valence-electron chi connectivity index (χ1n) is 8.47. The van der Waals surface area contributed by atoms with Crippen LogP contribution in [0.3, 0.4) is 0 Å². The molecule has 2 fully saturated rings. The minimum Gasteiger partial charge on any atom is -0.347 e. The molecule has 1 heterocycles. The second kappa shape index (κ2) is 10.1. The molecule has 0 aromatic heterocycles. The molecule has 1 saturated heterocycles. The Morgan fingerprint density at radius 2 is 1.73 bits per heavy atom. The molecule has 1 atom stereocenters. The van der Waals surface area contributed by atoms with Crippen molar-refractivity contribution in [2.24, 2.45) is 11.7 Å². The Kier molecular flexibility index (Phi) is 8.79. The highest BCUT2D eigenvalue weighted by molar-refractivity contribution is 5.85. The summed E-state index contributed by atoms with van der Waals surface area (Å²) in [6, 6.07) is 0.154. The van der Waals surface area contributed by atoms with E-state index in [2.05, 4.69) is 5.32 Å². The smallest absolute Gasteiger partial charge is 0.242 e. The summed E-state index contributed by atoms with van der Waals surface area (Å²) in [5, 5.41) is 2.80. The number of carbonyl (C=O) groups is 2. The normalized spacial score (nSPS) is 22.8. The molecule has 0 spiro atoms. The lowest BCUT2D eigenvalue weighted by Gasteiger charge is -2.35. The third-order valence-corrected chi connectivity index (χ3v) is 4.86. The Hall–Kier alpha value is -0.810. The molecule has 1 aliphatic heterocycles. The second-order valence-electron chi connectivity index (χ2n) is 6.46. The first kappa shape index (κ1) is 19.2. The summed E-state index contributed by atoms with van der Waals surface area (Å²) in [4.78, 5) is 26.0. The van der Waals surface area contributed by atoms with E-state index in [1.807, 2.05) is 4.90 Å². The van der Waals surface area contributed by atoms with Gasteiger partial charge in [0, 0.05) is 25.6 Å². The third-order valence-electron chi connectivity index (χ3n) is 4.86. The van der Waals surface area contributed by atoms with E-state index in [1.165, 1.54) is 19.3 Å². The summed E-state index contributed by atoms with van der Waals surface area (Å²) in [6.45, 7) is 1.42. The van der Waals surface area contributed by atoms with Gasteiger partial charge in [0.25, 0.3) is 0 Å². The van der Waals surface area contributed by atoms with Crippen molar-refractivity contribution in [2.45, 2.75) is 63.8 Å². The fraction of sp³-hybridized carbons (Fsp3) is 0.875. The van der Waals surface area contributed by atoms with Crippen molar-refractivity contribution in [3.63, 3.8) is 0 Å². The molecule has 2 rings (SSSR count). The van der Waals surface area contributed by atoms with Crippen molar-refractivity contribution in [3.8, 4) is 0 Å². The molecule has 1 aliphatic carbocycles. The molecule has 0 bridgehead atoms. The van der Waals surface area contributed by atoms with Gasteiger partial charge >= 0.3 is 0 Å². The topological polar surface area (TPSA) is 75.4 Å². The highest BCUT2D eigenvalue weighted by atomic mass is 35.5. The quantitative estimate of drug-likeness (QED) is 0.807. The molecule has 0 radical (unpaired) electrons. The standard InChI is InChI=1S/C16H29N3O2.ClH/c17-11-14-8-4-5-9-19(14)16(21)12-18-15(20)10-13-6-2-1-3-7-13;/h13-14H,1-12,17H2,(H,18,20);1H. The van der Waals surface area contributed by atoms with E-state index < -0.39 is 0 Å². The number of amides is 2. The minimum absolute atomic E-state index is 0. The maximum Gasteiger partial charge on any atom is 0.242 e. The van der Waals surface area contributed by atoms with Crippen LogP contribution in [0.5, 0.6) is 0 Å². The number of hydrogen-bond donors (Lipinski definition) is 2. The largest absolute Gasteiger partial charge is 0.347 e. The lowest BCUT2D eigenvalue weighted by atomic mass is 9.87. The molecule has 1 unspecified atom stereocenters. The summed E-state index contributed by atoms with van der Waals surface area (Å²) >= 11 is 0. The van der Waals surface area contributed by atoms with Crippen LogP contribution < -0.4 is 11.1 Å². The van der Waals surface area contributed by atoms with Crippen molar-refractivity contribution >= 4 is 24.2 Å². The van der Waals surface area contributed by atoms with Crippen molar-refractivity contribution < 1.29 is 9.59 Å². The lowest BCUT2D eigenvalue weighted by molar-refractivity contribution is -0.136. The highest BCUT2D eigenvalue weighted by Gasteiger charge is 2.25. The lowest BCUT2D eigenvalue weighted by Crippen LogP contribution is -2.50. The van der Waals surface area contributed by atoms with Crippen LogP contribution in [-0.2, 0) is 9.59 Å². The maximum atomic E-state index is 12.2. The molecule has 2 aliphatic rings. The van der Waals surface area contributed by atoms with Gasteiger partial charge in [-0.1, -0.05) is 19.3 Å². The van der Waals surface area contributed by atoms with Crippen molar-refractivity contribution in [1.82, 2.24) is 10.2 Å². The zero-order valence-corrected chi connectivity index (χ0v) is 14.2. The number of likely N-dealkylation sites (tertiary alicyclic amines) is 1. The molecule has 6 heteroatoms. The van der Waals surface area contributed by atoms with Gasteiger partial charge in [0.2, 0.25) is 11.8 Å². The summed E-state index contributed by atoms with van der Waals surface area (Å²) in [7, 11) is 0. The van der Waals surface area contributed by atoms with Gasteiger partial charge in [-0.25, -0.2) is 0 Å². The van der Waals surface area contributed by atoms with E-state index >= 15 is 0 Å². The number of carbonyl (C=O) groups excluding carboxylic acids is 2. The third kappa shape index (κ3) is 5.76. The van der Waals surface area contributed by atoms with Crippen LogP contribution >= 0.6 is 12.4 Å². The number of rotatable bonds is 5. The summed E-state index contributed by atoms with van der Waals surface area (Å²) in [6.07, 6.45) is 9.83. The number of nitrogens with one attached hydrogen (secondary N) is 1. The van der Waals surface area contributed by atoms with Gasteiger partial charge in [-0.3, -0.25) is 9.59 Å². The van der Waals surface area contributed by atoms with Crippen LogP contribution in [0.2, 0.25) is 0 Å². The van der Waals surface area contributed by atoms with E-state index in [0.29, 0.717) is 18.9 Å². The molecule has 5 nitrogen and oxygen atoms in total. The SMILES string of the molecule is Cl.NCC1CCCCN1C(=O)CNC(=O)CC1CCCCC1. The molecular weight excluding hydrogens is 302 g/mol. The highest BCUT2D eigenvalue weighted by Crippen LogP contribution is 2.26. The Morgan fingerprint density at radius 1 is 1.05 bits per heavy atom. The van der Waals surface area contributed by atoms with Gasteiger partial charge in [-0.05, 0) is 38.0 Å². The molecule has 0 aromatic rings. The zero-order chi connectivity index (χ0) is 15.1. The molecule has 3 N–H and O–H groups in total. The molecule has 0 aromatic carbocycles. The maximum absolute atomic E-state index is 12.2. The average Bonchev–Trinajstić information content (AvgIpc) is 2.53. The van der Waals surface area contributed by atoms with Gasteiger partial charge in [0.1, 0.15) is 0 Å². The first-order chi connectivity index (χ1) is 10.2. The van der Waals surface area contributed by atoms with E-state index in [0.717, 1.165) is 38.6 Å². The fourth-order valence-corrected chi connectivity index (χ4v) is 3.58. The van der Waals surface area contributed by atoms with Crippen LogP contribution in [0.15, 0.2) is 0 Å². The van der Waals surface area contributed by atoms with Gasteiger partial charge in [0.15, 0.2) is 0 Å². The molecule has 2 amide bonds. The number of hydrogen-bond acceptors (Lipinski definition) is 3. The summed E-state index contributed by atoms with van der Waals surface area (Å²) in [5.74, 6) is 0.555. The molecular formula is C16H30ClN3O2. The van der Waals surface area contributed by atoms with E-state index in [1.54, 1.807) is 0 Å². The predicted molar refractivity (Wildman–Crippen MR) is 89.9 cm³/mol. The first-order valence-corrected chi connectivity index (χ1v) is 8.47. The van der Waals surface area contributed by atoms with Crippen LogP contribution in [-0.4, -0.2) is 42.4 Å². The van der Waals surface area contributed by atoms with E-state index in [-0.39, 0.29) is 36.8 Å². The Balaban J connectivity index is 0.00000242. The van der Waals surface area contributed by atoms with Crippen molar-refractivity contribution in [1.29, 1.82) is 0 Å². The van der Waals surface area contributed by atoms with Crippen LogP contribution in [0.1, 0.15) is 57.8 Å². The molecule has 1 saturated carbocycles. The number of nitrogens with zero attached hydrogens (tertiary/aromatic N) is 1. The predicted octanol–water partition coefficient (Wildman–Crippen LogP) is 1.83. The van der Waals surface area contributed by atoms with Crippen LogP contribution in [0.4, 0.5) is 0 Å². The van der Waals surface area contributed by atoms with Crippen molar-refractivity contribution in [3.05, 3.63) is 0 Å². The number of halogens is 1. The number of piperidine rings is 1. The van der Waals surface area contributed by atoms with Crippen LogP contribution in [0.25, 0.3) is 0 Å². The molecule has 22 heavy (non-hydrogen) atoms. The molecule has 128 valence electrons. The number of nitrogens with two attached hydrogens (primary N) is 1. The van der Waals surface area contributed by atoms with Crippen LogP contribution in [0, 0.1) is 5.92 Å². The van der Waals surface area contributed by atoms with Gasteiger partial charge in [-0.15, -0.1) is 12.4 Å². The van der Waals surface area contributed by atoms with Gasteiger partial charge < -0.3 is 16.0 Å². The van der Waals surface area contributed by atoms with Crippen molar-refractivity contribution in [2.75, 3.05) is 19.6 Å². The zero-order valence-electron chi connectivity index (χ0n) is 13.4. The van der Waals surface area contributed by atoms with Gasteiger partial charge in [0.05, 0.1) is 6.54 Å². The Morgan fingerprint density at radius 3 is 2.41 bits per heavy atom. The average molecular weight is 332 g/mol.